The van der Waals surface area contributed by atoms with Gasteiger partial charge in [-0.1, -0.05) is 27.7 Å². The Labute approximate surface area is 225 Å². The first-order valence-electron chi connectivity index (χ1n) is 13.5. The summed E-state index contributed by atoms with van der Waals surface area (Å²) in [6, 6.07) is 9.87. The molecule has 1 unspecified atom stereocenters. The fourth-order valence-electron chi connectivity index (χ4n) is 6.20. The van der Waals surface area contributed by atoms with Crippen molar-refractivity contribution in [1.82, 2.24) is 9.78 Å². The number of hydrogen-bond donors (Lipinski definition) is 2. The van der Waals surface area contributed by atoms with Crippen LogP contribution in [0, 0.1) is 20.8 Å². The number of hydrogen-bond acceptors (Lipinski definition) is 6. The summed E-state index contributed by atoms with van der Waals surface area (Å²) in [6.45, 7) is 15.9. The topological polar surface area (TPSA) is 86.0 Å². The Kier molecular flexibility index (Phi) is 6.41. The normalized spacial score (nSPS) is 20.8. The van der Waals surface area contributed by atoms with Gasteiger partial charge in [0.2, 0.25) is 0 Å². The molecule has 0 saturated heterocycles. The lowest BCUT2D eigenvalue weighted by Crippen LogP contribution is -2.55. The van der Waals surface area contributed by atoms with Gasteiger partial charge in [-0.15, -0.1) is 0 Å². The summed E-state index contributed by atoms with van der Waals surface area (Å²) in [5, 5.41) is 24.3. The van der Waals surface area contributed by atoms with Crippen LogP contribution in [0.1, 0.15) is 80.6 Å². The molecule has 2 aliphatic rings. The molecule has 3 aromatic rings. The SMILES string of the molecule is Cc1cc(CO)n(CCCOc2cc3c(cc2C)OC2(CC(C)(C)c4cc(O)c(C)cc4O2)CC3(C)C)n1. The van der Waals surface area contributed by atoms with Gasteiger partial charge in [-0.3, -0.25) is 4.68 Å². The second-order valence-corrected chi connectivity index (χ2v) is 12.3. The molecule has 5 rings (SSSR count). The van der Waals surface area contributed by atoms with E-state index in [1.54, 1.807) is 0 Å². The van der Waals surface area contributed by atoms with Crippen LogP contribution in [0.2, 0.25) is 0 Å². The summed E-state index contributed by atoms with van der Waals surface area (Å²) >= 11 is 0. The fraction of sp³-hybridized carbons (Fsp3) is 0.516. The molecule has 204 valence electrons. The minimum Gasteiger partial charge on any atom is -0.508 e. The minimum atomic E-state index is -0.794. The van der Waals surface area contributed by atoms with E-state index < -0.39 is 5.79 Å². The Hall–Kier alpha value is -3.19. The van der Waals surface area contributed by atoms with E-state index in [4.69, 9.17) is 14.2 Å². The largest absolute Gasteiger partial charge is 0.508 e. The Morgan fingerprint density at radius 2 is 1.50 bits per heavy atom. The molecule has 38 heavy (non-hydrogen) atoms. The number of phenols is 1. The maximum atomic E-state index is 10.3. The molecule has 1 atom stereocenters. The first-order valence-corrected chi connectivity index (χ1v) is 13.5. The second-order valence-electron chi connectivity index (χ2n) is 12.3. The molecule has 2 N–H and O–H groups in total. The number of aromatic hydroxyl groups is 1. The average molecular weight is 521 g/mol. The summed E-state index contributed by atoms with van der Waals surface area (Å²) in [7, 11) is 0. The summed E-state index contributed by atoms with van der Waals surface area (Å²) in [5.41, 5.74) is 5.22. The van der Waals surface area contributed by atoms with Crippen LogP contribution < -0.4 is 14.2 Å². The lowest BCUT2D eigenvalue weighted by atomic mass is 9.69. The zero-order valence-electron chi connectivity index (χ0n) is 23.6. The summed E-state index contributed by atoms with van der Waals surface area (Å²) in [4.78, 5) is 0. The molecule has 1 spiro atoms. The molecular weight excluding hydrogens is 480 g/mol. The van der Waals surface area contributed by atoms with Gasteiger partial charge in [0.25, 0.3) is 5.79 Å². The van der Waals surface area contributed by atoms with Crippen molar-refractivity contribution in [3.63, 3.8) is 0 Å². The van der Waals surface area contributed by atoms with Crippen LogP contribution in [0.5, 0.6) is 23.0 Å². The molecule has 7 nitrogen and oxygen atoms in total. The number of benzene rings is 2. The number of aliphatic hydroxyl groups excluding tert-OH is 1. The van der Waals surface area contributed by atoms with Gasteiger partial charge in [-0.2, -0.15) is 5.10 Å². The first-order chi connectivity index (χ1) is 17.8. The highest BCUT2D eigenvalue weighted by atomic mass is 16.7. The number of phenolic OH excluding ortho intramolecular Hbond substituents is 1. The maximum absolute atomic E-state index is 10.3. The van der Waals surface area contributed by atoms with E-state index in [1.807, 2.05) is 43.7 Å². The zero-order valence-corrected chi connectivity index (χ0v) is 23.6. The fourth-order valence-corrected chi connectivity index (χ4v) is 6.20. The molecule has 0 amide bonds. The van der Waals surface area contributed by atoms with Gasteiger partial charge in [0.05, 0.1) is 24.6 Å². The maximum Gasteiger partial charge on any atom is 0.252 e. The smallest absolute Gasteiger partial charge is 0.252 e. The highest BCUT2D eigenvalue weighted by Crippen LogP contribution is 2.55. The van der Waals surface area contributed by atoms with Crippen molar-refractivity contribution in [1.29, 1.82) is 0 Å². The van der Waals surface area contributed by atoms with Crippen molar-refractivity contribution < 1.29 is 24.4 Å². The molecule has 3 heterocycles. The van der Waals surface area contributed by atoms with Crippen molar-refractivity contribution in [3.05, 3.63) is 64.0 Å². The Morgan fingerprint density at radius 1 is 0.895 bits per heavy atom. The van der Waals surface area contributed by atoms with E-state index >= 15 is 0 Å². The van der Waals surface area contributed by atoms with Crippen LogP contribution in [0.25, 0.3) is 0 Å². The van der Waals surface area contributed by atoms with Gasteiger partial charge in [-0.25, -0.2) is 0 Å². The highest BCUT2D eigenvalue weighted by molar-refractivity contribution is 5.53. The summed E-state index contributed by atoms with van der Waals surface area (Å²) in [5.74, 6) is 1.97. The van der Waals surface area contributed by atoms with Gasteiger partial charge in [0.1, 0.15) is 23.0 Å². The van der Waals surface area contributed by atoms with Crippen LogP contribution in [0.4, 0.5) is 0 Å². The van der Waals surface area contributed by atoms with Gasteiger partial charge < -0.3 is 24.4 Å². The molecule has 7 heteroatoms. The molecule has 0 saturated carbocycles. The van der Waals surface area contributed by atoms with Crippen LogP contribution in [-0.4, -0.2) is 32.4 Å². The van der Waals surface area contributed by atoms with E-state index in [9.17, 15) is 10.2 Å². The molecule has 2 aliphatic heterocycles. The summed E-state index contributed by atoms with van der Waals surface area (Å²) < 4.78 is 21.4. The molecule has 1 aromatic heterocycles. The van der Waals surface area contributed by atoms with E-state index in [2.05, 4.69) is 44.9 Å². The van der Waals surface area contributed by atoms with Gasteiger partial charge in [0.15, 0.2) is 0 Å². The number of aliphatic hydroxyl groups is 1. The monoisotopic (exact) mass is 520 g/mol. The standard InChI is InChI=1S/C31H40N2O5/c1-19-11-27-23(14-25(19)35)29(4,5)17-31(37-27)18-30(6,7)24-15-26(20(2)12-28(24)38-31)36-10-8-9-33-22(16-34)13-21(3)32-33/h11-15,34-35H,8-10,16-18H2,1-7H3. The van der Waals surface area contributed by atoms with E-state index in [0.717, 1.165) is 57.3 Å². The molecule has 0 radical (unpaired) electrons. The van der Waals surface area contributed by atoms with E-state index in [0.29, 0.717) is 31.7 Å². The predicted molar refractivity (Wildman–Crippen MR) is 146 cm³/mol. The second kappa shape index (κ2) is 9.23. The Bertz CT molecular complexity index is 1370. The lowest BCUT2D eigenvalue weighted by molar-refractivity contribution is -0.166. The first kappa shape index (κ1) is 26.4. The van der Waals surface area contributed by atoms with Crippen molar-refractivity contribution in [2.24, 2.45) is 0 Å². The third-order valence-corrected chi connectivity index (χ3v) is 7.97. The predicted octanol–water partition coefficient (Wildman–Crippen LogP) is 5.99. The van der Waals surface area contributed by atoms with Crippen molar-refractivity contribution >= 4 is 0 Å². The van der Waals surface area contributed by atoms with E-state index in [-0.39, 0.29) is 17.4 Å². The number of rotatable bonds is 6. The number of nitrogens with zero attached hydrogens (tertiary/aromatic N) is 2. The zero-order chi connectivity index (χ0) is 27.5. The minimum absolute atomic E-state index is 0.0171. The van der Waals surface area contributed by atoms with Crippen LogP contribution in [0.15, 0.2) is 30.3 Å². The van der Waals surface area contributed by atoms with Crippen LogP contribution in [0.3, 0.4) is 0 Å². The van der Waals surface area contributed by atoms with Crippen molar-refractivity contribution in [2.75, 3.05) is 6.61 Å². The third kappa shape index (κ3) is 4.73. The van der Waals surface area contributed by atoms with Gasteiger partial charge in [0, 0.05) is 47.8 Å². The van der Waals surface area contributed by atoms with Gasteiger partial charge >= 0.3 is 0 Å². The van der Waals surface area contributed by atoms with Crippen LogP contribution in [-0.2, 0) is 24.0 Å². The highest BCUT2D eigenvalue weighted by Gasteiger charge is 2.53. The van der Waals surface area contributed by atoms with Gasteiger partial charge in [-0.05, 0) is 62.2 Å². The molecule has 0 fully saturated rings. The molecule has 0 bridgehead atoms. The van der Waals surface area contributed by atoms with Crippen LogP contribution >= 0.6 is 0 Å². The third-order valence-electron chi connectivity index (χ3n) is 7.97. The quantitative estimate of drug-likeness (QED) is 0.388. The molecular formula is C31H40N2O5. The molecule has 0 aliphatic carbocycles. The Balaban J connectivity index is 1.36. The molecule has 2 aromatic carbocycles. The number of fused-ring (bicyclic) bond motifs is 2. The van der Waals surface area contributed by atoms with Crippen molar-refractivity contribution in [2.45, 2.75) is 97.5 Å². The van der Waals surface area contributed by atoms with Crippen molar-refractivity contribution in [3.8, 4) is 23.0 Å². The summed E-state index contributed by atoms with van der Waals surface area (Å²) in [6.07, 6.45) is 2.16. The number of aromatic nitrogens is 2. The lowest BCUT2D eigenvalue weighted by Gasteiger charge is -2.51. The number of aryl methyl sites for hydroxylation is 4. The van der Waals surface area contributed by atoms with E-state index in [1.165, 1.54) is 0 Å². The number of ether oxygens (including phenoxy) is 3. The average Bonchev–Trinajstić information content (AvgIpc) is 3.17. The Morgan fingerprint density at radius 3 is 2.13 bits per heavy atom.